The Morgan fingerprint density at radius 3 is 2.55 bits per heavy atom. The Morgan fingerprint density at radius 1 is 1.40 bits per heavy atom. The van der Waals surface area contributed by atoms with Crippen LogP contribution in [0.5, 0.6) is 5.75 Å². The summed E-state index contributed by atoms with van der Waals surface area (Å²) < 4.78 is 5.23. The highest BCUT2D eigenvalue weighted by Crippen LogP contribution is 2.24. The van der Waals surface area contributed by atoms with Crippen LogP contribution in [0.15, 0.2) is 18.2 Å². The number of hydrogen-bond donors (Lipinski definition) is 2. The van der Waals surface area contributed by atoms with Gasteiger partial charge in [0.05, 0.1) is 19.3 Å². The average Bonchev–Trinajstić information content (AvgIpc) is 2.46. The molecule has 0 aromatic heterocycles. The molecule has 0 heterocycles. The van der Waals surface area contributed by atoms with Crippen molar-refractivity contribution in [2.45, 2.75) is 32.7 Å². The first kappa shape index (κ1) is 16.3. The summed E-state index contributed by atoms with van der Waals surface area (Å²) >= 11 is 0. The SMILES string of the molecule is CCC(CC)N(CCO)C(=O)c1ccc(N)cc1OC. The Kier molecular flexibility index (Phi) is 6.31. The van der Waals surface area contributed by atoms with Gasteiger partial charge in [-0.15, -0.1) is 0 Å². The van der Waals surface area contributed by atoms with Crippen LogP contribution in [0, 0.1) is 0 Å². The molecular weight excluding hydrogens is 256 g/mol. The number of ether oxygens (including phenoxy) is 1. The molecule has 0 radical (unpaired) electrons. The zero-order valence-electron chi connectivity index (χ0n) is 12.4. The number of anilines is 1. The van der Waals surface area contributed by atoms with Crippen LogP contribution in [0.2, 0.25) is 0 Å². The predicted octanol–water partition coefficient (Wildman–Crippen LogP) is 1.90. The van der Waals surface area contributed by atoms with E-state index in [0.29, 0.717) is 23.5 Å². The third kappa shape index (κ3) is 3.63. The summed E-state index contributed by atoms with van der Waals surface area (Å²) in [6.45, 7) is 4.33. The van der Waals surface area contributed by atoms with Crippen LogP contribution in [0.3, 0.4) is 0 Å². The summed E-state index contributed by atoms with van der Waals surface area (Å²) in [7, 11) is 1.51. The second-order valence-corrected chi connectivity index (χ2v) is 4.65. The fourth-order valence-electron chi connectivity index (χ4n) is 2.33. The predicted molar refractivity (Wildman–Crippen MR) is 79.9 cm³/mol. The van der Waals surface area contributed by atoms with Gasteiger partial charge in [-0.25, -0.2) is 0 Å². The largest absolute Gasteiger partial charge is 0.496 e. The van der Waals surface area contributed by atoms with Crippen molar-refractivity contribution in [2.24, 2.45) is 0 Å². The van der Waals surface area contributed by atoms with Crippen molar-refractivity contribution >= 4 is 11.6 Å². The second-order valence-electron chi connectivity index (χ2n) is 4.65. The van der Waals surface area contributed by atoms with Gasteiger partial charge >= 0.3 is 0 Å². The molecule has 0 aliphatic rings. The number of aliphatic hydroxyl groups excluding tert-OH is 1. The van der Waals surface area contributed by atoms with Crippen molar-refractivity contribution in [1.82, 2.24) is 4.90 Å². The zero-order chi connectivity index (χ0) is 15.1. The van der Waals surface area contributed by atoms with Crippen molar-refractivity contribution in [3.05, 3.63) is 23.8 Å². The molecule has 5 heteroatoms. The average molecular weight is 280 g/mol. The van der Waals surface area contributed by atoms with Gasteiger partial charge in [0, 0.05) is 24.3 Å². The van der Waals surface area contributed by atoms with E-state index in [4.69, 9.17) is 10.5 Å². The maximum absolute atomic E-state index is 12.7. The molecule has 0 bridgehead atoms. The first-order chi connectivity index (χ1) is 9.58. The van der Waals surface area contributed by atoms with Crippen LogP contribution >= 0.6 is 0 Å². The van der Waals surface area contributed by atoms with Gasteiger partial charge in [0.25, 0.3) is 5.91 Å². The number of hydrogen-bond acceptors (Lipinski definition) is 4. The van der Waals surface area contributed by atoms with E-state index in [1.165, 1.54) is 7.11 Å². The van der Waals surface area contributed by atoms with E-state index >= 15 is 0 Å². The Morgan fingerprint density at radius 2 is 2.05 bits per heavy atom. The fraction of sp³-hybridized carbons (Fsp3) is 0.533. The minimum Gasteiger partial charge on any atom is -0.496 e. The number of amides is 1. The second kappa shape index (κ2) is 7.75. The lowest BCUT2D eigenvalue weighted by molar-refractivity contribution is 0.0619. The molecule has 20 heavy (non-hydrogen) atoms. The molecule has 1 rings (SSSR count). The van der Waals surface area contributed by atoms with Gasteiger partial charge in [-0.1, -0.05) is 13.8 Å². The smallest absolute Gasteiger partial charge is 0.257 e. The third-order valence-electron chi connectivity index (χ3n) is 3.44. The number of nitrogens with two attached hydrogens (primary N) is 1. The maximum Gasteiger partial charge on any atom is 0.257 e. The molecule has 0 aliphatic heterocycles. The summed E-state index contributed by atoms with van der Waals surface area (Å²) in [5.74, 6) is 0.327. The molecule has 112 valence electrons. The molecule has 1 aromatic rings. The molecule has 0 unspecified atom stereocenters. The summed E-state index contributed by atoms with van der Waals surface area (Å²) in [6, 6.07) is 5.09. The lowest BCUT2D eigenvalue weighted by Crippen LogP contribution is -2.41. The van der Waals surface area contributed by atoms with Gasteiger partial charge in [-0.05, 0) is 25.0 Å². The van der Waals surface area contributed by atoms with E-state index in [9.17, 15) is 9.90 Å². The molecule has 0 spiro atoms. The first-order valence-electron chi connectivity index (χ1n) is 6.94. The molecule has 5 nitrogen and oxygen atoms in total. The minimum absolute atomic E-state index is 0.0560. The van der Waals surface area contributed by atoms with Gasteiger partial charge in [-0.2, -0.15) is 0 Å². The van der Waals surface area contributed by atoms with Crippen molar-refractivity contribution < 1.29 is 14.6 Å². The van der Waals surface area contributed by atoms with E-state index in [2.05, 4.69) is 0 Å². The van der Waals surface area contributed by atoms with Crippen molar-refractivity contribution in [1.29, 1.82) is 0 Å². The first-order valence-corrected chi connectivity index (χ1v) is 6.94. The monoisotopic (exact) mass is 280 g/mol. The van der Waals surface area contributed by atoms with Gasteiger partial charge < -0.3 is 20.5 Å². The highest BCUT2D eigenvalue weighted by atomic mass is 16.5. The molecule has 1 aromatic carbocycles. The number of carbonyl (C=O) groups excluding carboxylic acids is 1. The quantitative estimate of drug-likeness (QED) is 0.748. The van der Waals surface area contributed by atoms with E-state index in [-0.39, 0.29) is 18.6 Å². The van der Waals surface area contributed by atoms with Gasteiger partial charge in [0.2, 0.25) is 0 Å². The number of nitrogens with zero attached hydrogens (tertiary/aromatic N) is 1. The molecule has 0 saturated carbocycles. The number of carbonyl (C=O) groups is 1. The Hall–Kier alpha value is -1.75. The molecule has 0 atom stereocenters. The number of benzene rings is 1. The van der Waals surface area contributed by atoms with Crippen LogP contribution in [0.4, 0.5) is 5.69 Å². The fourth-order valence-corrected chi connectivity index (χ4v) is 2.33. The summed E-state index contributed by atoms with van der Waals surface area (Å²) in [5, 5.41) is 9.20. The van der Waals surface area contributed by atoms with Gasteiger partial charge in [-0.3, -0.25) is 4.79 Å². The van der Waals surface area contributed by atoms with Crippen LogP contribution in [-0.4, -0.2) is 42.2 Å². The number of aliphatic hydroxyl groups is 1. The molecule has 0 saturated heterocycles. The molecule has 0 fully saturated rings. The lowest BCUT2D eigenvalue weighted by atomic mass is 10.1. The van der Waals surface area contributed by atoms with Crippen LogP contribution < -0.4 is 10.5 Å². The molecule has 3 N–H and O–H groups in total. The molecule has 0 aliphatic carbocycles. The van der Waals surface area contributed by atoms with Crippen molar-refractivity contribution in [2.75, 3.05) is 26.0 Å². The van der Waals surface area contributed by atoms with Crippen molar-refractivity contribution in [3.63, 3.8) is 0 Å². The Labute approximate surface area is 120 Å². The summed E-state index contributed by atoms with van der Waals surface area (Å²) in [5.41, 5.74) is 6.73. The lowest BCUT2D eigenvalue weighted by Gasteiger charge is -2.30. The highest BCUT2D eigenvalue weighted by Gasteiger charge is 2.24. The Bertz CT molecular complexity index is 445. The van der Waals surface area contributed by atoms with Crippen molar-refractivity contribution in [3.8, 4) is 5.75 Å². The Balaban J connectivity index is 3.11. The third-order valence-corrected chi connectivity index (χ3v) is 3.44. The van der Waals surface area contributed by atoms with E-state index in [0.717, 1.165) is 12.8 Å². The normalized spacial score (nSPS) is 10.7. The highest BCUT2D eigenvalue weighted by molar-refractivity contribution is 5.97. The standard InChI is InChI=1S/C15H24N2O3/c1-4-12(5-2)17(8-9-18)15(19)13-7-6-11(16)10-14(13)20-3/h6-7,10,12,18H,4-5,8-9,16H2,1-3H3. The number of nitrogen functional groups attached to an aromatic ring is 1. The van der Waals surface area contributed by atoms with E-state index in [1.54, 1.807) is 23.1 Å². The van der Waals surface area contributed by atoms with E-state index in [1.807, 2.05) is 13.8 Å². The molecular formula is C15H24N2O3. The minimum atomic E-state index is -0.135. The zero-order valence-corrected chi connectivity index (χ0v) is 12.4. The van der Waals surface area contributed by atoms with Crippen LogP contribution in [0.25, 0.3) is 0 Å². The number of rotatable bonds is 7. The van der Waals surface area contributed by atoms with Gasteiger partial charge in [0.15, 0.2) is 0 Å². The number of methoxy groups -OCH3 is 1. The van der Waals surface area contributed by atoms with E-state index < -0.39 is 0 Å². The maximum atomic E-state index is 12.7. The van der Waals surface area contributed by atoms with Crippen LogP contribution in [-0.2, 0) is 0 Å². The summed E-state index contributed by atoms with van der Waals surface area (Å²) in [4.78, 5) is 14.4. The molecule has 1 amide bonds. The van der Waals surface area contributed by atoms with Crippen LogP contribution in [0.1, 0.15) is 37.0 Å². The summed E-state index contributed by atoms with van der Waals surface area (Å²) in [6.07, 6.45) is 1.69. The topological polar surface area (TPSA) is 75.8 Å². The van der Waals surface area contributed by atoms with Gasteiger partial charge in [0.1, 0.15) is 5.75 Å².